The minimum absolute atomic E-state index is 0.0975. The molecule has 0 aromatic rings. The van der Waals surface area contributed by atoms with Crippen molar-refractivity contribution in [1.29, 1.82) is 0 Å². The second-order valence-electron chi connectivity index (χ2n) is 18.2. The Morgan fingerprint density at radius 3 is 0.980 bits per heavy atom. The van der Waals surface area contributed by atoms with Gasteiger partial charge in [0.25, 0.3) is 0 Å². The Bertz CT molecular complexity index is 874. The Hall–Kier alpha value is -0.990. The average Bonchev–Trinajstić information content (AvgIpc) is 3.18. The monoisotopic (exact) mass is 695 g/mol. The van der Waals surface area contributed by atoms with Gasteiger partial charge in [-0.15, -0.1) is 0 Å². The minimum atomic E-state index is -0.303. The van der Waals surface area contributed by atoms with Gasteiger partial charge in [-0.05, 0) is 126 Å². The molecule has 50 heavy (non-hydrogen) atoms. The summed E-state index contributed by atoms with van der Waals surface area (Å²) in [4.78, 5) is 44.4. The number of carbonyl (C=O) groups excluding carboxylic acids is 3. The molecule has 0 heterocycles. The van der Waals surface area contributed by atoms with Crippen molar-refractivity contribution < 1.29 is 14.4 Å². The largest absolute Gasteiger partial charge is 0.299 e. The van der Waals surface area contributed by atoms with Crippen LogP contribution in [0.4, 0.5) is 0 Å². The van der Waals surface area contributed by atoms with Gasteiger partial charge >= 0.3 is 0 Å². The lowest BCUT2D eigenvalue weighted by molar-refractivity contribution is -0.164. The van der Waals surface area contributed by atoms with Crippen molar-refractivity contribution in [3.8, 4) is 0 Å². The molecule has 4 rings (SSSR count). The molecule has 2 unspecified atom stereocenters. The number of carbonyl (C=O) groups is 3. The molecular weight excluding hydrogens is 613 g/mol. The molecule has 3 heteroatoms. The minimum Gasteiger partial charge on any atom is -0.299 e. The molecule has 0 amide bonds. The quantitative estimate of drug-likeness (QED) is 0.113. The Morgan fingerprint density at radius 1 is 0.460 bits per heavy atom. The molecule has 288 valence electrons. The zero-order valence-electron chi connectivity index (χ0n) is 33.8. The van der Waals surface area contributed by atoms with Crippen LogP contribution in [0.2, 0.25) is 0 Å². The van der Waals surface area contributed by atoms with Crippen molar-refractivity contribution >= 4 is 17.3 Å². The summed E-state index contributed by atoms with van der Waals surface area (Å²) >= 11 is 0. The van der Waals surface area contributed by atoms with Crippen molar-refractivity contribution in [2.75, 3.05) is 0 Å². The average molecular weight is 695 g/mol. The fourth-order valence-corrected chi connectivity index (χ4v) is 12.5. The highest BCUT2D eigenvalue weighted by atomic mass is 16.1. The summed E-state index contributed by atoms with van der Waals surface area (Å²) in [6, 6.07) is 0. The van der Waals surface area contributed by atoms with Gasteiger partial charge in [-0.3, -0.25) is 14.4 Å². The summed E-state index contributed by atoms with van der Waals surface area (Å²) in [7, 11) is 0. The summed E-state index contributed by atoms with van der Waals surface area (Å²) in [5.74, 6) is 3.71. The van der Waals surface area contributed by atoms with Gasteiger partial charge in [0.2, 0.25) is 0 Å². The molecule has 2 atom stereocenters. The van der Waals surface area contributed by atoms with E-state index in [2.05, 4.69) is 27.7 Å². The predicted molar refractivity (Wildman–Crippen MR) is 211 cm³/mol. The first-order chi connectivity index (χ1) is 24.4. The van der Waals surface area contributed by atoms with Gasteiger partial charge in [0.15, 0.2) is 0 Å². The number of Topliss-reactive ketones (excluding diaryl/α,β-unsaturated/α-hetero) is 3. The molecule has 0 aromatic carbocycles. The van der Waals surface area contributed by atoms with Crippen LogP contribution in [0.1, 0.15) is 233 Å². The lowest BCUT2D eigenvalue weighted by Crippen LogP contribution is -2.58. The topological polar surface area (TPSA) is 51.2 Å². The molecule has 0 aliphatic heterocycles. The van der Waals surface area contributed by atoms with Gasteiger partial charge in [-0.2, -0.15) is 0 Å². The summed E-state index contributed by atoms with van der Waals surface area (Å²) < 4.78 is 0. The molecular formula is C47H82O3. The van der Waals surface area contributed by atoms with Crippen LogP contribution >= 0.6 is 0 Å². The van der Waals surface area contributed by atoms with Crippen molar-refractivity contribution in [2.45, 2.75) is 233 Å². The van der Waals surface area contributed by atoms with E-state index in [1.165, 1.54) is 128 Å². The first-order valence-corrected chi connectivity index (χ1v) is 23.0. The SMILES string of the molecule is CCCCC(=O)C(CC)CCC(C(=O)C(CCC(CC)C(=O)CCCC)(C1CCCCC1)C1CCCCC1)(C1CCCCC1)C1CCCCC1. The second-order valence-corrected chi connectivity index (χ2v) is 18.2. The highest BCUT2D eigenvalue weighted by Crippen LogP contribution is 2.62. The van der Waals surface area contributed by atoms with Gasteiger partial charge in [0.05, 0.1) is 0 Å². The molecule has 0 radical (unpaired) electrons. The van der Waals surface area contributed by atoms with E-state index >= 15 is 4.79 Å². The number of ketones is 3. The number of unbranched alkanes of at least 4 members (excludes halogenated alkanes) is 2. The maximum absolute atomic E-state index is 17.0. The maximum atomic E-state index is 17.0. The molecule has 4 saturated carbocycles. The van der Waals surface area contributed by atoms with Crippen LogP contribution in [-0.4, -0.2) is 17.3 Å². The third-order valence-corrected chi connectivity index (χ3v) is 15.4. The third-order valence-electron chi connectivity index (χ3n) is 15.4. The van der Waals surface area contributed by atoms with E-state index in [1.54, 1.807) is 0 Å². The lowest BCUT2D eigenvalue weighted by atomic mass is 9.45. The van der Waals surface area contributed by atoms with E-state index in [0.717, 1.165) is 64.2 Å². The van der Waals surface area contributed by atoms with Crippen LogP contribution in [0.5, 0.6) is 0 Å². The van der Waals surface area contributed by atoms with Crippen LogP contribution in [0, 0.1) is 46.3 Å². The smallest absolute Gasteiger partial charge is 0.146 e. The van der Waals surface area contributed by atoms with Crippen molar-refractivity contribution in [3.05, 3.63) is 0 Å². The zero-order chi connectivity index (χ0) is 35.8. The molecule has 0 saturated heterocycles. The van der Waals surface area contributed by atoms with Crippen LogP contribution < -0.4 is 0 Å². The second kappa shape index (κ2) is 21.6. The van der Waals surface area contributed by atoms with Crippen molar-refractivity contribution in [2.24, 2.45) is 46.3 Å². The van der Waals surface area contributed by atoms with Crippen LogP contribution in [0.25, 0.3) is 0 Å². The summed E-state index contributed by atoms with van der Waals surface area (Å²) in [6.07, 6.45) is 36.2. The first kappa shape index (κ1) is 41.8. The lowest BCUT2D eigenvalue weighted by Gasteiger charge is -2.57. The van der Waals surface area contributed by atoms with Crippen molar-refractivity contribution in [3.63, 3.8) is 0 Å². The molecule has 0 N–H and O–H groups in total. The van der Waals surface area contributed by atoms with E-state index in [0.29, 0.717) is 53.9 Å². The van der Waals surface area contributed by atoms with E-state index in [1.807, 2.05) is 0 Å². The predicted octanol–water partition coefficient (Wildman–Crippen LogP) is 14.0. The Balaban J connectivity index is 1.87. The first-order valence-electron chi connectivity index (χ1n) is 23.0. The maximum Gasteiger partial charge on any atom is 0.146 e. The third kappa shape index (κ3) is 10.2. The highest BCUT2D eigenvalue weighted by Gasteiger charge is 2.61. The van der Waals surface area contributed by atoms with Crippen LogP contribution in [0.15, 0.2) is 0 Å². The molecule has 4 aliphatic rings. The summed E-state index contributed by atoms with van der Waals surface area (Å²) in [5, 5.41) is 0. The fourth-order valence-electron chi connectivity index (χ4n) is 12.5. The van der Waals surface area contributed by atoms with Gasteiger partial charge in [0.1, 0.15) is 17.3 Å². The molecule has 4 fully saturated rings. The van der Waals surface area contributed by atoms with Gasteiger partial charge in [-0.25, -0.2) is 0 Å². The van der Waals surface area contributed by atoms with E-state index in [9.17, 15) is 9.59 Å². The Kier molecular flexibility index (Phi) is 18.1. The number of hydrogen-bond donors (Lipinski definition) is 0. The number of rotatable bonds is 22. The summed E-state index contributed by atoms with van der Waals surface area (Å²) in [6.45, 7) is 8.85. The molecule has 4 aliphatic carbocycles. The Labute approximate surface area is 310 Å². The van der Waals surface area contributed by atoms with Gasteiger partial charge < -0.3 is 0 Å². The highest BCUT2D eigenvalue weighted by molar-refractivity contribution is 5.92. The van der Waals surface area contributed by atoms with Gasteiger partial charge in [0, 0.05) is 35.5 Å². The van der Waals surface area contributed by atoms with Crippen molar-refractivity contribution in [1.82, 2.24) is 0 Å². The molecule has 0 aromatic heterocycles. The van der Waals surface area contributed by atoms with Crippen LogP contribution in [-0.2, 0) is 14.4 Å². The molecule has 3 nitrogen and oxygen atoms in total. The summed E-state index contributed by atoms with van der Waals surface area (Å²) in [5.41, 5.74) is -0.607. The molecule has 0 spiro atoms. The Morgan fingerprint density at radius 2 is 0.740 bits per heavy atom. The number of hydrogen-bond acceptors (Lipinski definition) is 3. The standard InChI is InChI=1S/C47H82O3/c1-5-9-31-43(48)37(7-3)33-35-46(39-23-15-11-16-24-39,40-25-17-12-18-26-40)45(50)47(41-27-19-13-20-28-41,42-29-21-14-22-30-42)36-34-38(8-4)44(49)32-10-6-2/h37-42H,5-36H2,1-4H3. The van der Waals surface area contributed by atoms with Crippen LogP contribution in [0.3, 0.4) is 0 Å². The van der Waals surface area contributed by atoms with E-state index in [4.69, 9.17) is 0 Å². The van der Waals surface area contributed by atoms with E-state index < -0.39 is 0 Å². The normalized spacial score (nSPS) is 22.3. The van der Waals surface area contributed by atoms with Gasteiger partial charge in [-0.1, -0.05) is 118 Å². The zero-order valence-corrected chi connectivity index (χ0v) is 33.8. The molecule has 0 bridgehead atoms. The van der Waals surface area contributed by atoms with E-state index in [-0.39, 0.29) is 22.7 Å². The fraction of sp³-hybridized carbons (Fsp3) is 0.936.